The summed E-state index contributed by atoms with van der Waals surface area (Å²) < 4.78 is 2.03. The molecule has 1 aromatic heterocycles. The minimum absolute atomic E-state index is 0.444. The molecular formula is C17H27N3. The number of rotatable bonds is 4. The van der Waals surface area contributed by atoms with Crippen LogP contribution in [0.4, 0.5) is 0 Å². The summed E-state index contributed by atoms with van der Waals surface area (Å²) in [4.78, 5) is 0. The molecule has 0 saturated heterocycles. The van der Waals surface area contributed by atoms with Crippen molar-refractivity contribution in [2.24, 2.45) is 23.7 Å². The van der Waals surface area contributed by atoms with Crippen LogP contribution < -0.4 is 5.32 Å². The molecule has 4 rings (SSSR count). The maximum atomic E-state index is 4.41. The van der Waals surface area contributed by atoms with Crippen LogP contribution in [-0.4, -0.2) is 15.8 Å². The molecule has 110 valence electrons. The maximum absolute atomic E-state index is 4.41. The average molecular weight is 273 g/mol. The third kappa shape index (κ3) is 1.93. The third-order valence-electron chi connectivity index (χ3n) is 6.37. The summed E-state index contributed by atoms with van der Waals surface area (Å²) in [5.41, 5.74) is 1.34. The van der Waals surface area contributed by atoms with Crippen molar-refractivity contribution in [2.75, 3.05) is 0 Å². The van der Waals surface area contributed by atoms with E-state index in [1.54, 1.807) is 0 Å². The van der Waals surface area contributed by atoms with Gasteiger partial charge in [0.1, 0.15) is 0 Å². The fraction of sp³-hybridized carbons (Fsp3) is 0.824. The minimum Gasteiger partial charge on any atom is -0.307 e. The van der Waals surface area contributed by atoms with Gasteiger partial charge in [0.25, 0.3) is 0 Å². The van der Waals surface area contributed by atoms with Gasteiger partial charge in [-0.1, -0.05) is 6.42 Å². The number of aryl methyl sites for hydroxylation is 1. The summed E-state index contributed by atoms with van der Waals surface area (Å²) in [6.07, 6.45) is 11.7. The predicted molar refractivity (Wildman–Crippen MR) is 80.3 cm³/mol. The number of aromatic nitrogens is 2. The van der Waals surface area contributed by atoms with E-state index in [1.165, 1.54) is 37.7 Å². The zero-order chi connectivity index (χ0) is 13.7. The summed E-state index contributed by atoms with van der Waals surface area (Å²) in [5, 5.41) is 8.33. The number of fused-ring (bicyclic) bond motifs is 5. The van der Waals surface area contributed by atoms with E-state index in [2.05, 4.69) is 30.5 Å². The third-order valence-corrected chi connectivity index (χ3v) is 6.37. The van der Waals surface area contributed by atoms with Gasteiger partial charge in [-0.3, -0.25) is 4.68 Å². The smallest absolute Gasteiger partial charge is 0.0537 e. The van der Waals surface area contributed by atoms with Crippen molar-refractivity contribution in [3.05, 3.63) is 18.0 Å². The van der Waals surface area contributed by atoms with Crippen LogP contribution in [0.15, 0.2) is 12.4 Å². The first kappa shape index (κ1) is 12.9. The molecule has 3 saturated carbocycles. The average Bonchev–Trinajstić information content (AvgIpc) is 3.19. The van der Waals surface area contributed by atoms with E-state index in [9.17, 15) is 0 Å². The molecule has 3 aliphatic rings. The SMILES string of the molecule is CCn1cc(C(C)NC2CC3CC2C2CCCC32)cn1. The predicted octanol–water partition coefficient (Wildman–Crippen LogP) is 3.38. The van der Waals surface area contributed by atoms with Crippen molar-refractivity contribution >= 4 is 0 Å². The lowest BCUT2D eigenvalue weighted by Crippen LogP contribution is -2.40. The molecule has 3 fully saturated rings. The molecule has 1 aromatic rings. The second-order valence-electron chi connectivity index (χ2n) is 7.28. The van der Waals surface area contributed by atoms with Crippen molar-refractivity contribution in [1.82, 2.24) is 15.1 Å². The van der Waals surface area contributed by atoms with E-state index in [0.717, 1.165) is 36.3 Å². The Bertz CT molecular complexity index is 480. The summed E-state index contributed by atoms with van der Waals surface area (Å²) in [5.74, 6) is 4.15. The second kappa shape index (κ2) is 4.87. The van der Waals surface area contributed by atoms with Crippen molar-refractivity contribution in [1.29, 1.82) is 0 Å². The van der Waals surface area contributed by atoms with Gasteiger partial charge in [0.2, 0.25) is 0 Å². The Morgan fingerprint density at radius 3 is 2.95 bits per heavy atom. The molecule has 3 aliphatic carbocycles. The van der Waals surface area contributed by atoms with Gasteiger partial charge in [0.05, 0.1) is 6.20 Å². The van der Waals surface area contributed by atoms with Gasteiger partial charge in [-0.15, -0.1) is 0 Å². The Morgan fingerprint density at radius 1 is 1.30 bits per heavy atom. The first-order valence-corrected chi connectivity index (χ1v) is 8.54. The Kier molecular flexibility index (Phi) is 3.13. The van der Waals surface area contributed by atoms with Gasteiger partial charge in [0, 0.05) is 30.4 Å². The van der Waals surface area contributed by atoms with Crippen LogP contribution in [-0.2, 0) is 6.54 Å². The van der Waals surface area contributed by atoms with Crippen LogP contribution in [0.1, 0.15) is 57.6 Å². The largest absolute Gasteiger partial charge is 0.307 e. The molecule has 0 amide bonds. The second-order valence-corrected chi connectivity index (χ2v) is 7.28. The van der Waals surface area contributed by atoms with E-state index in [4.69, 9.17) is 0 Å². The molecule has 0 spiro atoms. The van der Waals surface area contributed by atoms with Crippen molar-refractivity contribution in [3.63, 3.8) is 0 Å². The van der Waals surface area contributed by atoms with Gasteiger partial charge >= 0.3 is 0 Å². The van der Waals surface area contributed by atoms with Gasteiger partial charge in [-0.2, -0.15) is 5.10 Å². The topological polar surface area (TPSA) is 29.9 Å². The molecule has 2 bridgehead atoms. The van der Waals surface area contributed by atoms with Crippen LogP contribution in [0.25, 0.3) is 0 Å². The molecule has 20 heavy (non-hydrogen) atoms. The van der Waals surface area contributed by atoms with E-state index < -0.39 is 0 Å². The zero-order valence-electron chi connectivity index (χ0n) is 12.8. The van der Waals surface area contributed by atoms with E-state index in [-0.39, 0.29) is 0 Å². The van der Waals surface area contributed by atoms with Crippen LogP contribution in [0.2, 0.25) is 0 Å². The summed E-state index contributed by atoms with van der Waals surface area (Å²) in [6.45, 7) is 5.41. The van der Waals surface area contributed by atoms with Crippen molar-refractivity contribution < 1.29 is 0 Å². The lowest BCUT2D eigenvalue weighted by molar-refractivity contribution is 0.200. The standard InChI is InChI=1S/C17H27N3/c1-3-20-10-13(9-18-20)11(2)19-17-8-12-7-16(17)15-6-4-5-14(12)15/h9-12,14-17,19H,3-8H2,1-2H3. The van der Waals surface area contributed by atoms with Gasteiger partial charge in [0.15, 0.2) is 0 Å². The first-order chi connectivity index (χ1) is 9.76. The molecule has 6 atom stereocenters. The van der Waals surface area contributed by atoms with E-state index in [1.807, 2.05) is 10.9 Å². The Hall–Kier alpha value is -0.830. The van der Waals surface area contributed by atoms with Crippen molar-refractivity contribution in [2.45, 2.75) is 64.6 Å². The lowest BCUT2D eigenvalue weighted by atomic mass is 9.79. The fourth-order valence-electron chi connectivity index (χ4n) is 5.45. The molecule has 1 heterocycles. The fourth-order valence-corrected chi connectivity index (χ4v) is 5.45. The Balaban J connectivity index is 1.42. The zero-order valence-corrected chi connectivity index (χ0v) is 12.8. The number of hydrogen-bond donors (Lipinski definition) is 1. The number of nitrogens with one attached hydrogen (secondary N) is 1. The summed E-state index contributed by atoms with van der Waals surface area (Å²) >= 11 is 0. The van der Waals surface area contributed by atoms with E-state index in [0.29, 0.717) is 6.04 Å². The highest BCUT2D eigenvalue weighted by Gasteiger charge is 2.53. The highest BCUT2D eigenvalue weighted by molar-refractivity contribution is 5.12. The highest BCUT2D eigenvalue weighted by atomic mass is 15.3. The monoisotopic (exact) mass is 273 g/mol. The van der Waals surface area contributed by atoms with Crippen LogP contribution >= 0.6 is 0 Å². The quantitative estimate of drug-likeness (QED) is 0.911. The number of hydrogen-bond acceptors (Lipinski definition) is 2. The first-order valence-electron chi connectivity index (χ1n) is 8.54. The molecule has 6 unspecified atom stereocenters. The van der Waals surface area contributed by atoms with Gasteiger partial charge in [-0.25, -0.2) is 0 Å². The minimum atomic E-state index is 0.444. The van der Waals surface area contributed by atoms with Crippen LogP contribution in [0, 0.1) is 23.7 Å². The summed E-state index contributed by atoms with van der Waals surface area (Å²) in [6, 6.07) is 1.21. The highest BCUT2D eigenvalue weighted by Crippen LogP contribution is 2.58. The van der Waals surface area contributed by atoms with Gasteiger partial charge < -0.3 is 5.32 Å². The molecule has 0 aromatic carbocycles. The molecule has 0 radical (unpaired) electrons. The lowest BCUT2D eigenvalue weighted by Gasteiger charge is -2.33. The van der Waals surface area contributed by atoms with Crippen LogP contribution in [0.3, 0.4) is 0 Å². The number of nitrogens with zero attached hydrogens (tertiary/aromatic N) is 2. The Morgan fingerprint density at radius 2 is 2.15 bits per heavy atom. The molecule has 0 aliphatic heterocycles. The van der Waals surface area contributed by atoms with Crippen LogP contribution in [0.5, 0.6) is 0 Å². The molecular weight excluding hydrogens is 246 g/mol. The van der Waals surface area contributed by atoms with E-state index >= 15 is 0 Å². The Labute approximate surface area is 122 Å². The van der Waals surface area contributed by atoms with Crippen molar-refractivity contribution in [3.8, 4) is 0 Å². The molecule has 1 N–H and O–H groups in total. The molecule has 3 heteroatoms. The maximum Gasteiger partial charge on any atom is 0.0537 e. The normalized spacial score (nSPS) is 40.2. The van der Waals surface area contributed by atoms with Gasteiger partial charge in [-0.05, 0) is 63.2 Å². The summed E-state index contributed by atoms with van der Waals surface area (Å²) in [7, 11) is 0. The molecule has 3 nitrogen and oxygen atoms in total.